The maximum Gasteiger partial charge on any atom is 0.134 e. The van der Waals surface area contributed by atoms with Crippen molar-refractivity contribution >= 4 is 0 Å². The lowest BCUT2D eigenvalue weighted by atomic mass is 9.87. The Balaban J connectivity index is 5.80. The molecule has 0 saturated heterocycles. The van der Waals surface area contributed by atoms with Gasteiger partial charge < -0.3 is 62.1 Å². The standard InChI is InChI=1S/C26H64N10O/c1-3-19(29)17-23(33)25(35,13-11-21(31)9-5-7-15-27)37-26(36,24(34)18-20(30)4-2)14-12-22(32)10-6-8-16-28/h19-24H,3-18,27-36H2,1-2H3. The molecule has 0 aliphatic carbocycles. The maximum atomic E-state index is 6.95. The summed E-state index contributed by atoms with van der Waals surface area (Å²) in [6, 6.07) is -1.40. The van der Waals surface area contributed by atoms with Gasteiger partial charge in [0.2, 0.25) is 0 Å². The quantitative estimate of drug-likeness (QED) is 0.0568. The van der Waals surface area contributed by atoms with Crippen LogP contribution in [-0.2, 0) is 4.74 Å². The Morgan fingerprint density at radius 1 is 0.541 bits per heavy atom. The van der Waals surface area contributed by atoms with Crippen LogP contribution in [0.25, 0.3) is 0 Å². The highest BCUT2D eigenvalue weighted by atomic mass is 16.5. The van der Waals surface area contributed by atoms with Gasteiger partial charge in [0.05, 0.1) is 0 Å². The van der Waals surface area contributed by atoms with Crippen LogP contribution in [0.5, 0.6) is 0 Å². The lowest BCUT2D eigenvalue weighted by Crippen LogP contribution is -2.69. The topological polar surface area (TPSA) is 269 Å². The largest absolute Gasteiger partial charge is 0.337 e. The smallest absolute Gasteiger partial charge is 0.134 e. The van der Waals surface area contributed by atoms with Crippen molar-refractivity contribution in [2.45, 2.75) is 151 Å². The Bertz CT molecular complexity index is 513. The summed E-state index contributed by atoms with van der Waals surface area (Å²) < 4.78 is 6.64. The van der Waals surface area contributed by atoms with Gasteiger partial charge in [-0.1, -0.05) is 26.7 Å². The molecular formula is C26H64N10O. The van der Waals surface area contributed by atoms with Crippen LogP contribution in [0.1, 0.15) is 104 Å². The number of hydrogen-bond donors (Lipinski definition) is 10. The number of unbranched alkanes of at least 4 members (excludes halogenated alkanes) is 2. The van der Waals surface area contributed by atoms with Crippen LogP contribution in [0.2, 0.25) is 0 Å². The summed E-state index contributed by atoms with van der Waals surface area (Å²) in [6.07, 6.45) is 10.2. The van der Waals surface area contributed by atoms with Gasteiger partial charge in [0, 0.05) is 36.3 Å². The Labute approximate surface area is 226 Å². The van der Waals surface area contributed by atoms with E-state index < -0.39 is 23.5 Å². The monoisotopic (exact) mass is 533 g/mol. The van der Waals surface area contributed by atoms with Gasteiger partial charge in [0.15, 0.2) is 0 Å². The fourth-order valence-corrected chi connectivity index (χ4v) is 4.58. The van der Waals surface area contributed by atoms with Crippen LogP contribution < -0.4 is 57.3 Å². The van der Waals surface area contributed by atoms with E-state index in [0.717, 1.165) is 51.4 Å². The molecule has 0 aromatic heterocycles. The molecule has 37 heavy (non-hydrogen) atoms. The van der Waals surface area contributed by atoms with E-state index in [4.69, 9.17) is 62.1 Å². The van der Waals surface area contributed by atoms with Crippen molar-refractivity contribution in [2.75, 3.05) is 13.1 Å². The Morgan fingerprint density at radius 3 is 1.19 bits per heavy atom. The van der Waals surface area contributed by atoms with Crippen LogP contribution in [0.4, 0.5) is 0 Å². The zero-order chi connectivity index (χ0) is 28.5. The summed E-state index contributed by atoms with van der Waals surface area (Å²) in [5.41, 5.74) is 61.2. The van der Waals surface area contributed by atoms with Crippen molar-refractivity contribution in [1.82, 2.24) is 0 Å². The summed E-state index contributed by atoms with van der Waals surface area (Å²) in [5.74, 6) is 0. The van der Waals surface area contributed by atoms with Gasteiger partial charge in [-0.3, -0.25) is 0 Å². The molecule has 20 N–H and O–H groups in total. The van der Waals surface area contributed by atoms with Crippen molar-refractivity contribution in [3.8, 4) is 0 Å². The minimum Gasteiger partial charge on any atom is -0.337 e. The van der Waals surface area contributed by atoms with E-state index in [1.807, 2.05) is 13.8 Å². The van der Waals surface area contributed by atoms with Crippen molar-refractivity contribution < 1.29 is 4.74 Å². The molecule has 0 saturated carbocycles. The first-order chi connectivity index (χ1) is 17.4. The van der Waals surface area contributed by atoms with E-state index >= 15 is 0 Å². The van der Waals surface area contributed by atoms with Crippen molar-refractivity contribution in [3.63, 3.8) is 0 Å². The van der Waals surface area contributed by atoms with Gasteiger partial charge in [-0.25, -0.2) is 0 Å². The van der Waals surface area contributed by atoms with Gasteiger partial charge >= 0.3 is 0 Å². The third-order valence-corrected chi connectivity index (χ3v) is 7.67. The highest BCUT2D eigenvalue weighted by molar-refractivity contribution is 4.97. The minimum absolute atomic E-state index is 0.0459. The minimum atomic E-state index is -1.26. The summed E-state index contributed by atoms with van der Waals surface area (Å²) >= 11 is 0. The van der Waals surface area contributed by atoms with Gasteiger partial charge in [-0.15, -0.1) is 0 Å². The molecule has 0 heterocycles. The molecule has 11 heteroatoms. The Morgan fingerprint density at radius 2 is 0.892 bits per heavy atom. The predicted octanol–water partition coefficient (Wildman–Crippen LogP) is -0.305. The van der Waals surface area contributed by atoms with E-state index in [-0.39, 0.29) is 24.2 Å². The molecule has 8 atom stereocenters. The first kappa shape index (κ1) is 36.6. The van der Waals surface area contributed by atoms with Crippen molar-refractivity contribution in [1.29, 1.82) is 0 Å². The lowest BCUT2D eigenvalue weighted by molar-refractivity contribution is -0.184. The third-order valence-electron chi connectivity index (χ3n) is 7.67. The van der Waals surface area contributed by atoms with E-state index in [0.29, 0.717) is 51.6 Å². The summed E-state index contributed by atoms with van der Waals surface area (Å²) in [7, 11) is 0. The molecule has 0 aromatic carbocycles. The summed E-state index contributed by atoms with van der Waals surface area (Å²) in [4.78, 5) is 0. The highest BCUT2D eigenvalue weighted by Gasteiger charge is 2.45. The van der Waals surface area contributed by atoms with Gasteiger partial charge in [-0.05, 0) is 90.1 Å². The Hall–Kier alpha value is -0.440. The number of hydrogen-bond acceptors (Lipinski definition) is 11. The molecule has 0 aliphatic heterocycles. The molecule has 8 unspecified atom stereocenters. The lowest BCUT2D eigenvalue weighted by Gasteiger charge is -2.47. The van der Waals surface area contributed by atoms with E-state index in [1.165, 1.54) is 0 Å². The molecule has 0 aliphatic rings. The number of nitrogens with two attached hydrogens (primary N) is 10. The zero-order valence-electron chi connectivity index (χ0n) is 24.0. The maximum absolute atomic E-state index is 6.95. The molecule has 0 rings (SSSR count). The second-order valence-electron chi connectivity index (χ2n) is 11.2. The first-order valence-corrected chi connectivity index (χ1v) is 14.6. The first-order valence-electron chi connectivity index (χ1n) is 14.6. The average Bonchev–Trinajstić information content (AvgIpc) is 2.86. The van der Waals surface area contributed by atoms with Crippen LogP contribution in [-0.4, -0.2) is 60.8 Å². The molecule has 0 bridgehead atoms. The second kappa shape index (κ2) is 19.6. The molecule has 224 valence electrons. The predicted molar refractivity (Wildman–Crippen MR) is 157 cm³/mol. The van der Waals surface area contributed by atoms with E-state index in [1.54, 1.807) is 0 Å². The molecule has 0 fully saturated rings. The highest BCUT2D eigenvalue weighted by Crippen LogP contribution is 2.30. The molecule has 0 amide bonds. The van der Waals surface area contributed by atoms with Crippen LogP contribution in [0.3, 0.4) is 0 Å². The third kappa shape index (κ3) is 15.1. The fourth-order valence-electron chi connectivity index (χ4n) is 4.58. The van der Waals surface area contributed by atoms with E-state index in [2.05, 4.69) is 0 Å². The van der Waals surface area contributed by atoms with Crippen LogP contribution in [0, 0.1) is 0 Å². The van der Waals surface area contributed by atoms with Gasteiger partial charge in [0.1, 0.15) is 11.4 Å². The molecule has 0 spiro atoms. The normalized spacial score (nSPS) is 20.4. The second-order valence-corrected chi connectivity index (χ2v) is 11.2. The van der Waals surface area contributed by atoms with Crippen molar-refractivity contribution in [2.24, 2.45) is 57.3 Å². The SMILES string of the molecule is CCC(N)CC(N)C(N)(CCC(N)CCCCN)OC(N)(CCC(N)CCCCN)C(N)CC(N)CC. The van der Waals surface area contributed by atoms with Crippen molar-refractivity contribution in [3.05, 3.63) is 0 Å². The van der Waals surface area contributed by atoms with Gasteiger partial charge in [-0.2, -0.15) is 0 Å². The molecule has 0 aromatic rings. The van der Waals surface area contributed by atoms with Crippen LogP contribution >= 0.6 is 0 Å². The summed E-state index contributed by atoms with van der Waals surface area (Å²) in [5, 5.41) is 0. The molecule has 0 radical (unpaired) electrons. The number of ether oxygens (including phenoxy) is 1. The Kier molecular flexibility index (Phi) is 19.4. The van der Waals surface area contributed by atoms with Crippen LogP contribution in [0.15, 0.2) is 0 Å². The molecular weight excluding hydrogens is 468 g/mol. The van der Waals surface area contributed by atoms with Gasteiger partial charge in [0.25, 0.3) is 0 Å². The summed E-state index contributed by atoms with van der Waals surface area (Å²) in [6.45, 7) is 5.34. The number of rotatable bonds is 24. The fraction of sp³-hybridized carbons (Fsp3) is 1.00. The van der Waals surface area contributed by atoms with E-state index in [9.17, 15) is 0 Å². The molecule has 11 nitrogen and oxygen atoms in total. The average molecular weight is 533 g/mol. The zero-order valence-corrected chi connectivity index (χ0v) is 24.0.